The van der Waals surface area contributed by atoms with Gasteiger partial charge in [-0.2, -0.15) is 0 Å². The summed E-state index contributed by atoms with van der Waals surface area (Å²) in [6.45, 7) is 7.02. The van der Waals surface area contributed by atoms with Crippen molar-refractivity contribution in [1.29, 1.82) is 0 Å². The molecule has 0 unspecified atom stereocenters. The standard InChI is InChI=1S/C16H24O4/c1-4-18-16(19-5-2)12-20-15-10-8-14(9-11-15)7-6-13(3)17/h8-11,16H,4-7,12H2,1-3H3. The molecule has 0 saturated carbocycles. The molecular formula is C16H24O4. The predicted octanol–water partition coefficient (Wildman–Crippen LogP) is 2.99. The number of hydrogen-bond donors (Lipinski definition) is 0. The summed E-state index contributed by atoms with van der Waals surface area (Å²) in [5, 5.41) is 0. The Kier molecular flexibility index (Phi) is 7.92. The molecule has 0 heterocycles. The summed E-state index contributed by atoms with van der Waals surface area (Å²) < 4.78 is 16.5. The first-order valence-electron chi connectivity index (χ1n) is 7.10. The third kappa shape index (κ3) is 6.68. The summed E-state index contributed by atoms with van der Waals surface area (Å²) in [7, 11) is 0. The van der Waals surface area contributed by atoms with E-state index in [0.717, 1.165) is 17.7 Å². The number of benzene rings is 1. The highest BCUT2D eigenvalue weighted by Gasteiger charge is 2.08. The Balaban J connectivity index is 2.41. The molecule has 0 bridgehead atoms. The van der Waals surface area contributed by atoms with E-state index in [1.54, 1.807) is 6.92 Å². The van der Waals surface area contributed by atoms with Gasteiger partial charge >= 0.3 is 0 Å². The third-order valence-corrected chi connectivity index (χ3v) is 2.78. The Bertz CT molecular complexity index is 380. The molecule has 20 heavy (non-hydrogen) atoms. The molecule has 0 aliphatic rings. The number of ether oxygens (including phenoxy) is 3. The summed E-state index contributed by atoms with van der Waals surface area (Å²) in [5.41, 5.74) is 1.14. The maximum atomic E-state index is 10.9. The van der Waals surface area contributed by atoms with Gasteiger partial charge in [0.15, 0.2) is 6.29 Å². The van der Waals surface area contributed by atoms with Crippen LogP contribution in [0.5, 0.6) is 5.75 Å². The van der Waals surface area contributed by atoms with E-state index in [2.05, 4.69) is 0 Å². The molecule has 0 radical (unpaired) electrons. The minimum atomic E-state index is -0.331. The second-order valence-corrected chi connectivity index (χ2v) is 4.50. The summed E-state index contributed by atoms with van der Waals surface area (Å²) in [5.74, 6) is 0.988. The van der Waals surface area contributed by atoms with Gasteiger partial charge in [0.05, 0.1) is 0 Å². The Labute approximate surface area is 121 Å². The van der Waals surface area contributed by atoms with Crippen molar-refractivity contribution in [1.82, 2.24) is 0 Å². The van der Waals surface area contributed by atoms with E-state index in [9.17, 15) is 4.79 Å². The van der Waals surface area contributed by atoms with Gasteiger partial charge in [-0.3, -0.25) is 0 Å². The maximum absolute atomic E-state index is 10.9. The molecule has 0 aliphatic heterocycles. The van der Waals surface area contributed by atoms with E-state index < -0.39 is 0 Å². The van der Waals surface area contributed by atoms with Crippen LogP contribution in [0.25, 0.3) is 0 Å². The molecule has 0 fully saturated rings. The van der Waals surface area contributed by atoms with Gasteiger partial charge in [-0.15, -0.1) is 0 Å². The Morgan fingerprint density at radius 2 is 1.70 bits per heavy atom. The number of carbonyl (C=O) groups excluding carboxylic acids is 1. The average molecular weight is 280 g/mol. The SMILES string of the molecule is CCOC(COc1ccc(CCC(C)=O)cc1)OCC. The van der Waals surface area contributed by atoms with Crippen molar-refractivity contribution < 1.29 is 19.0 Å². The van der Waals surface area contributed by atoms with E-state index in [4.69, 9.17) is 14.2 Å². The Morgan fingerprint density at radius 1 is 1.10 bits per heavy atom. The molecule has 0 amide bonds. The fourth-order valence-electron chi connectivity index (χ4n) is 1.75. The predicted molar refractivity (Wildman–Crippen MR) is 78.0 cm³/mol. The maximum Gasteiger partial charge on any atom is 0.191 e. The number of hydrogen-bond acceptors (Lipinski definition) is 4. The molecule has 0 aromatic heterocycles. The van der Waals surface area contributed by atoms with Gasteiger partial charge < -0.3 is 19.0 Å². The lowest BCUT2D eigenvalue weighted by Gasteiger charge is -2.17. The number of carbonyl (C=O) groups is 1. The Morgan fingerprint density at radius 3 is 2.20 bits per heavy atom. The third-order valence-electron chi connectivity index (χ3n) is 2.78. The van der Waals surface area contributed by atoms with Gasteiger partial charge in [0.1, 0.15) is 18.1 Å². The van der Waals surface area contributed by atoms with Gasteiger partial charge in [-0.05, 0) is 44.9 Å². The second-order valence-electron chi connectivity index (χ2n) is 4.50. The molecule has 0 N–H and O–H groups in total. The zero-order valence-electron chi connectivity index (χ0n) is 12.6. The highest BCUT2D eigenvalue weighted by molar-refractivity contribution is 5.75. The van der Waals surface area contributed by atoms with E-state index >= 15 is 0 Å². The van der Waals surface area contributed by atoms with Gasteiger partial charge in [-0.25, -0.2) is 0 Å². The van der Waals surface area contributed by atoms with E-state index in [1.165, 1.54) is 0 Å². The van der Waals surface area contributed by atoms with Gasteiger partial charge in [0, 0.05) is 19.6 Å². The molecule has 1 aromatic carbocycles. The van der Waals surface area contributed by atoms with Crippen LogP contribution in [-0.4, -0.2) is 31.9 Å². The largest absolute Gasteiger partial charge is 0.488 e. The normalized spacial score (nSPS) is 10.8. The van der Waals surface area contributed by atoms with Gasteiger partial charge in [-0.1, -0.05) is 12.1 Å². The molecule has 4 nitrogen and oxygen atoms in total. The lowest BCUT2D eigenvalue weighted by molar-refractivity contribution is -0.152. The molecule has 0 spiro atoms. The second kappa shape index (κ2) is 9.50. The summed E-state index contributed by atoms with van der Waals surface area (Å²) in [4.78, 5) is 10.9. The van der Waals surface area contributed by atoms with Crippen molar-refractivity contribution in [3.8, 4) is 5.75 Å². The molecule has 1 aromatic rings. The first-order chi connectivity index (χ1) is 9.65. The number of aryl methyl sites for hydroxylation is 1. The van der Waals surface area contributed by atoms with Crippen molar-refractivity contribution in [2.75, 3.05) is 19.8 Å². The number of rotatable bonds is 10. The van der Waals surface area contributed by atoms with Crippen LogP contribution in [0.3, 0.4) is 0 Å². The van der Waals surface area contributed by atoms with Crippen LogP contribution in [0.4, 0.5) is 0 Å². The molecule has 0 saturated heterocycles. The minimum absolute atomic E-state index is 0.210. The van der Waals surface area contributed by atoms with Crippen molar-refractivity contribution in [3.05, 3.63) is 29.8 Å². The Hall–Kier alpha value is -1.39. The van der Waals surface area contributed by atoms with E-state index in [1.807, 2.05) is 38.1 Å². The molecule has 0 atom stereocenters. The average Bonchev–Trinajstić information content (AvgIpc) is 2.44. The van der Waals surface area contributed by atoms with Crippen LogP contribution in [0.2, 0.25) is 0 Å². The van der Waals surface area contributed by atoms with Gasteiger partial charge in [0.25, 0.3) is 0 Å². The zero-order chi connectivity index (χ0) is 14.8. The van der Waals surface area contributed by atoms with E-state index in [-0.39, 0.29) is 12.1 Å². The van der Waals surface area contributed by atoms with Crippen molar-refractivity contribution in [2.45, 2.75) is 39.9 Å². The fraction of sp³-hybridized carbons (Fsp3) is 0.562. The quantitative estimate of drug-likeness (QED) is 0.618. The molecule has 1 rings (SSSR count). The minimum Gasteiger partial charge on any atom is -0.488 e. The monoisotopic (exact) mass is 280 g/mol. The fourth-order valence-corrected chi connectivity index (χ4v) is 1.75. The summed E-state index contributed by atoms with van der Waals surface area (Å²) >= 11 is 0. The smallest absolute Gasteiger partial charge is 0.191 e. The first-order valence-corrected chi connectivity index (χ1v) is 7.10. The molecule has 4 heteroatoms. The zero-order valence-corrected chi connectivity index (χ0v) is 12.6. The first kappa shape index (κ1) is 16.7. The van der Waals surface area contributed by atoms with Crippen LogP contribution < -0.4 is 4.74 Å². The van der Waals surface area contributed by atoms with Crippen LogP contribution in [0.15, 0.2) is 24.3 Å². The van der Waals surface area contributed by atoms with Crippen LogP contribution in [0, 0.1) is 0 Å². The number of ketones is 1. The topological polar surface area (TPSA) is 44.8 Å². The highest BCUT2D eigenvalue weighted by atomic mass is 16.7. The van der Waals surface area contributed by atoms with Gasteiger partial charge in [0.2, 0.25) is 0 Å². The summed E-state index contributed by atoms with van der Waals surface area (Å²) in [6.07, 6.45) is 1.02. The lowest BCUT2D eigenvalue weighted by atomic mass is 10.1. The number of Topliss-reactive ketones (excluding diaryl/α,β-unsaturated/α-hetero) is 1. The van der Waals surface area contributed by atoms with Crippen LogP contribution in [0.1, 0.15) is 32.8 Å². The van der Waals surface area contributed by atoms with Crippen LogP contribution >= 0.6 is 0 Å². The molecular weight excluding hydrogens is 256 g/mol. The van der Waals surface area contributed by atoms with Crippen LogP contribution in [-0.2, 0) is 20.7 Å². The van der Waals surface area contributed by atoms with E-state index in [0.29, 0.717) is 26.2 Å². The molecule has 112 valence electrons. The van der Waals surface area contributed by atoms with Crippen molar-refractivity contribution >= 4 is 5.78 Å². The highest BCUT2D eigenvalue weighted by Crippen LogP contribution is 2.14. The molecule has 0 aliphatic carbocycles. The lowest BCUT2D eigenvalue weighted by Crippen LogP contribution is -2.25. The van der Waals surface area contributed by atoms with Crippen molar-refractivity contribution in [2.24, 2.45) is 0 Å². The van der Waals surface area contributed by atoms with Crippen molar-refractivity contribution in [3.63, 3.8) is 0 Å². The summed E-state index contributed by atoms with van der Waals surface area (Å²) in [6, 6.07) is 7.78.